The van der Waals surface area contributed by atoms with Crippen LogP contribution in [-0.4, -0.2) is 37.1 Å². The van der Waals surface area contributed by atoms with Crippen molar-refractivity contribution in [2.75, 3.05) is 18.9 Å². The summed E-state index contributed by atoms with van der Waals surface area (Å²) in [6.07, 6.45) is 1.80. The van der Waals surface area contributed by atoms with Crippen LogP contribution in [0.5, 0.6) is 0 Å². The number of hydrogen-bond acceptors (Lipinski definition) is 7. The summed E-state index contributed by atoms with van der Waals surface area (Å²) in [4.78, 5) is 8.12. The third kappa shape index (κ3) is 3.52. The minimum absolute atomic E-state index is 0.154. The lowest BCUT2D eigenvalue weighted by Crippen LogP contribution is -2.26. The second-order valence-electron chi connectivity index (χ2n) is 4.00. The number of hydrogen-bond donors (Lipinski definition) is 2. The molecule has 0 aromatic carbocycles. The van der Waals surface area contributed by atoms with Gasteiger partial charge in [-0.25, -0.2) is 18.1 Å². The summed E-state index contributed by atoms with van der Waals surface area (Å²) in [6.45, 7) is 1.87. The third-order valence-electron chi connectivity index (χ3n) is 2.51. The highest BCUT2D eigenvalue weighted by Crippen LogP contribution is 2.11. The van der Waals surface area contributed by atoms with E-state index in [0.717, 1.165) is 0 Å². The molecule has 2 aromatic heterocycles. The Balaban J connectivity index is 2.00. The van der Waals surface area contributed by atoms with Crippen molar-refractivity contribution in [2.45, 2.75) is 18.2 Å². The fourth-order valence-corrected chi connectivity index (χ4v) is 2.58. The van der Waals surface area contributed by atoms with E-state index in [4.69, 9.17) is 4.52 Å². The molecule has 2 N–H and O–H groups in total. The van der Waals surface area contributed by atoms with Crippen molar-refractivity contribution in [3.8, 4) is 0 Å². The van der Waals surface area contributed by atoms with Crippen molar-refractivity contribution in [3.05, 3.63) is 30.0 Å². The molecule has 0 aliphatic carbocycles. The van der Waals surface area contributed by atoms with Crippen LogP contribution in [0.3, 0.4) is 0 Å². The van der Waals surface area contributed by atoms with E-state index in [9.17, 15) is 8.42 Å². The van der Waals surface area contributed by atoms with Gasteiger partial charge < -0.3 is 9.84 Å². The Labute approximate surface area is 116 Å². The molecule has 2 aromatic rings. The molecule has 0 fully saturated rings. The van der Waals surface area contributed by atoms with E-state index in [2.05, 4.69) is 25.2 Å². The largest absolute Gasteiger partial charge is 0.373 e. The minimum Gasteiger partial charge on any atom is -0.373 e. The Kier molecular flexibility index (Phi) is 4.30. The van der Waals surface area contributed by atoms with Crippen molar-refractivity contribution in [3.63, 3.8) is 0 Å². The molecule has 0 amide bonds. The van der Waals surface area contributed by atoms with Gasteiger partial charge in [0.1, 0.15) is 5.82 Å². The average molecular weight is 297 g/mol. The SMILES string of the molecule is CNc1cc(S(=O)(=O)NCCc2noc(C)n2)ccn1. The lowest BCUT2D eigenvalue weighted by molar-refractivity contribution is 0.387. The van der Waals surface area contributed by atoms with Gasteiger partial charge in [-0.3, -0.25) is 0 Å². The second kappa shape index (κ2) is 5.97. The van der Waals surface area contributed by atoms with Gasteiger partial charge in [0.05, 0.1) is 4.90 Å². The first kappa shape index (κ1) is 14.4. The smallest absolute Gasteiger partial charge is 0.240 e. The summed E-state index contributed by atoms with van der Waals surface area (Å²) >= 11 is 0. The fraction of sp³-hybridized carbons (Fsp3) is 0.364. The summed E-state index contributed by atoms with van der Waals surface area (Å²) in [5, 5.41) is 6.48. The first-order chi connectivity index (χ1) is 9.51. The van der Waals surface area contributed by atoms with Gasteiger partial charge in [-0.15, -0.1) is 0 Å². The van der Waals surface area contributed by atoms with Crippen LogP contribution in [0.1, 0.15) is 11.7 Å². The van der Waals surface area contributed by atoms with E-state index in [1.165, 1.54) is 18.3 Å². The number of anilines is 1. The predicted molar refractivity (Wildman–Crippen MR) is 71.7 cm³/mol. The molecule has 0 unspecified atom stereocenters. The molecule has 0 bridgehead atoms. The van der Waals surface area contributed by atoms with E-state index in [1.54, 1.807) is 14.0 Å². The Morgan fingerprint density at radius 3 is 2.85 bits per heavy atom. The molecule has 0 atom stereocenters. The van der Waals surface area contributed by atoms with Crippen molar-refractivity contribution in [1.29, 1.82) is 0 Å². The number of aryl methyl sites for hydroxylation is 1. The number of rotatable bonds is 6. The predicted octanol–water partition coefficient (Wildman–Crippen LogP) is 0.336. The first-order valence-corrected chi connectivity index (χ1v) is 7.42. The zero-order valence-electron chi connectivity index (χ0n) is 11.1. The van der Waals surface area contributed by atoms with Gasteiger partial charge in [0.15, 0.2) is 5.82 Å². The summed E-state index contributed by atoms with van der Waals surface area (Å²) in [6, 6.07) is 2.89. The molecule has 0 spiro atoms. The van der Waals surface area contributed by atoms with Crippen LogP contribution in [0.2, 0.25) is 0 Å². The van der Waals surface area contributed by atoms with Crippen molar-refractivity contribution < 1.29 is 12.9 Å². The Bertz CT molecular complexity index is 683. The van der Waals surface area contributed by atoms with E-state index in [0.29, 0.717) is 24.0 Å². The van der Waals surface area contributed by atoms with Crippen LogP contribution in [0.15, 0.2) is 27.7 Å². The first-order valence-electron chi connectivity index (χ1n) is 5.94. The maximum Gasteiger partial charge on any atom is 0.240 e. The molecule has 9 heteroatoms. The van der Waals surface area contributed by atoms with Crippen LogP contribution in [0, 0.1) is 6.92 Å². The maximum absolute atomic E-state index is 12.1. The zero-order valence-corrected chi connectivity index (χ0v) is 11.9. The fourth-order valence-electron chi connectivity index (χ4n) is 1.54. The molecule has 2 heterocycles. The lowest BCUT2D eigenvalue weighted by atomic mass is 10.4. The molecule has 8 nitrogen and oxygen atoms in total. The molecule has 0 radical (unpaired) electrons. The van der Waals surface area contributed by atoms with Crippen molar-refractivity contribution >= 4 is 15.8 Å². The van der Waals surface area contributed by atoms with E-state index in [1.807, 2.05) is 0 Å². The Morgan fingerprint density at radius 1 is 1.40 bits per heavy atom. The lowest BCUT2D eigenvalue weighted by Gasteiger charge is -2.06. The van der Waals surface area contributed by atoms with E-state index in [-0.39, 0.29) is 11.4 Å². The molecule has 0 saturated carbocycles. The van der Waals surface area contributed by atoms with Gasteiger partial charge >= 0.3 is 0 Å². The minimum atomic E-state index is -3.57. The number of pyridine rings is 1. The molecule has 20 heavy (non-hydrogen) atoms. The number of aromatic nitrogens is 3. The van der Waals surface area contributed by atoms with Crippen LogP contribution >= 0.6 is 0 Å². The quantitative estimate of drug-likeness (QED) is 0.790. The summed E-state index contributed by atoms with van der Waals surface area (Å²) in [5.74, 6) is 1.41. The highest BCUT2D eigenvalue weighted by atomic mass is 32.2. The van der Waals surface area contributed by atoms with Crippen LogP contribution in [0.25, 0.3) is 0 Å². The molecule has 0 saturated heterocycles. The van der Waals surface area contributed by atoms with E-state index < -0.39 is 10.0 Å². The third-order valence-corrected chi connectivity index (χ3v) is 3.97. The van der Waals surface area contributed by atoms with Crippen LogP contribution in [0.4, 0.5) is 5.82 Å². The molecular weight excluding hydrogens is 282 g/mol. The van der Waals surface area contributed by atoms with Gasteiger partial charge in [-0.1, -0.05) is 5.16 Å². The average Bonchev–Trinajstić information content (AvgIpc) is 2.84. The van der Waals surface area contributed by atoms with Crippen LogP contribution in [-0.2, 0) is 16.4 Å². The normalized spacial score (nSPS) is 11.5. The van der Waals surface area contributed by atoms with Crippen molar-refractivity contribution in [2.24, 2.45) is 0 Å². The molecular formula is C11H15N5O3S. The van der Waals surface area contributed by atoms with Gasteiger partial charge in [0, 0.05) is 39.2 Å². The van der Waals surface area contributed by atoms with Crippen LogP contribution < -0.4 is 10.0 Å². The number of nitrogens with one attached hydrogen (secondary N) is 2. The number of sulfonamides is 1. The highest BCUT2D eigenvalue weighted by molar-refractivity contribution is 7.89. The van der Waals surface area contributed by atoms with Crippen molar-refractivity contribution in [1.82, 2.24) is 19.8 Å². The summed E-state index contributed by atoms with van der Waals surface area (Å²) in [7, 11) is -1.90. The second-order valence-corrected chi connectivity index (χ2v) is 5.77. The highest BCUT2D eigenvalue weighted by Gasteiger charge is 2.14. The monoisotopic (exact) mass is 297 g/mol. The van der Waals surface area contributed by atoms with E-state index >= 15 is 0 Å². The molecule has 108 valence electrons. The summed E-state index contributed by atoms with van der Waals surface area (Å²) < 4.78 is 31.4. The van der Waals surface area contributed by atoms with Gasteiger partial charge in [0.25, 0.3) is 0 Å². The van der Waals surface area contributed by atoms with Gasteiger partial charge in [-0.2, -0.15) is 4.98 Å². The number of nitrogens with zero attached hydrogens (tertiary/aromatic N) is 3. The Morgan fingerprint density at radius 2 is 2.20 bits per heavy atom. The Hall–Kier alpha value is -2.00. The summed E-state index contributed by atoms with van der Waals surface area (Å²) in [5.41, 5.74) is 0. The zero-order chi connectivity index (χ0) is 14.6. The maximum atomic E-state index is 12.1. The van der Waals surface area contributed by atoms with Gasteiger partial charge in [0.2, 0.25) is 15.9 Å². The standard InChI is InChI=1S/C11H15N5O3S/c1-8-15-10(16-19-8)4-6-14-20(17,18)9-3-5-13-11(7-9)12-2/h3,5,7,14H,4,6H2,1-2H3,(H,12,13). The molecule has 2 rings (SSSR count). The molecule has 0 aliphatic rings. The van der Waals surface area contributed by atoms with Gasteiger partial charge in [-0.05, 0) is 6.07 Å². The molecule has 0 aliphatic heterocycles. The topological polar surface area (TPSA) is 110 Å².